The zero-order chi connectivity index (χ0) is 21.2. The minimum Gasteiger partial charge on any atom is -0.408 e. The Labute approximate surface area is 168 Å². The van der Waals surface area contributed by atoms with Crippen LogP contribution in [0.5, 0.6) is 0 Å². The number of nitrogens with zero attached hydrogens (tertiary/aromatic N) is 2. The van der Waals surface area contributed by atoms with Crippen molar-refractivity contribution in [3.8, 4) is 0 Å². The van der Waals surface area contributed by atoms with Gasteiger partial charge in [0.25, 0.3) is 10.0 Å². The molecule has 1 amide bonds. The first-order chi connectivity index (χ1) is 13.7. The molecule has 0 aliphatic carbocycles. The Hall–Kier alpha value is -3.07. The van der Waals surface area contributed by atoms with Crippen LogP contribution in [0.15, 0.2) is 62.6 Å². The minimum absolute atomic E-state index is 0.00300. The van der Waals surface area contributed by atoms with Gasteiger partial charge in [0.2, 0.25) is 5.91 Å². The summed E-state index contributed by atoms with van der Waals surface area (Å²) in [5.41, 5.74) is 1.01. The highest BCUT2D eigenvalue weighted by molar-refractivity contribution is 7.92. The fraction of sp³-hybridized carbons (Fsp3) is 0.300. The van der Waals surface area contributed by atoms with Crippen molar-refractivity contribution in [2.24, 2.45) is 0 Å². The number of hydrogen-bond acceptors (Lipinski definition) is 5. The number of fused-ring (bicyclic) bond motifs is 1. The van der Waals surface area contributed by atoms with Gasteiger partial charge in [0.05, 0.1) is 16.1 Å². The SMILES string of the molecule is CCN(c1ccccc1)S(=O)(=O)c1ccc2c(c1)oc(=O)n2CC(=O)NC(C)C. The third kappa shape index (κ3) is 4.19. The van der Waals surface area contributed by atoms with E-state index in [9.17, 15) is 18.0 Å². The number of rotatable bonds is 7. The lowest BCUT2D eigenvalue weighted by molar-refractivity contribution is -0.122. The average molecular weight is 417 g/mol. The first kappa shape index (κ1) is 20.7. The molecule has 1 aromatic heterocycles. The molecule has 1 N–H and O–H groups in total. The van der Waals surface area contributed by atoms with Crippen LogP contribution in [0.1, 0.15) is 20.8 Å². The van der Waals surface area contributed by atoms with E-state index in [4.69, 9.17) is 4.42 Å². The van der Waals surface area contributed by atoms with Crippen LogP contribution < -0.4 is 15.4 Å². The van der Waals surface area contributed by atoms with Gasteiger partial charge in [-0.15, -0.1) is 0 Å². The molecule has 8 nitrogen and oxygen atoms in total. The van der Waals surface area contributed by atoms with Crippen LogP contribution in [0.25, 0.3) is 11.1 Å². The maximum Gasteiger partial charge on any atom is 0.420 e. The number of sulfonamides is 1. The largest absolute Gasteiger partial charge is 0.420 e. The molecule has 1 heterocycles. The molecule has 0 bridgehead atoms. The third-order valence-electron chi connectivity index (χ3n) is 4.31. The first-order valence-corrected chi connectivity index (χ1v) is 10.7. The maximum absolute atomic E-state index is 13.1. The van der Waals surface area contributed by atoms with E-state index >= 15 is 0 Å². The maximum atomic E-state index is 13.1. The Balaban J connectivity index is 2.00. The van der Waals surface area contributed by atoms with Crippen LogP contribution in [-0.4, -0.2) is 31.5 Å². The first-order valence-electron chi connectivity index (χ1n) is 9.24. The summed E-state index contributed by atoms with van der Waals surface area (Å²) in [7, 11) is -3.86. The van der Waals surface area contributed by atoms with Gasteiger partial charge in [-0.05, 0) is 45.0 Å². The summed E-state index contributed by atoms with van der Waals surface area (Å²) in [6.07, 6.45) is 0. The molecule has 3 aromatic rings. The zero-order valence-corrected chi connectivity index (χ0v) is 17.3. The molecule has 0 fully saturated rings. The molecular formula is C20H23N3O5S. The highest BCUT2D eigenvalue weighted by Crippen LogP contribution is 2.25. The molecule has 0 aliphatic heterocycles. The van der Waals surface area contributed by atoms with E-state index in [2.05, 4.69) is 5.32 Å². The van der Waals surface area contributed by atoms with Crippen molar-refractivity contribution in [3.05, 3.63) is 59.1 Å². The van der Waals surface area contributed by atoms with Crippen LogP contribution in [0, 0.1) is 0 Å². The summed E-state index contributed by atoms with van der Waals surface area (Å²) in [5, 5.41) is 2.71. The van der Waals surface area contributed by atoms with Crippen LogP contribution in [0.2, 0.25) is 0 Å². The van der Waals surface area contributed by atoms with E-state index in [1.165, 1.54) is 27.1 Å². The highest BCUT2D eigenvalue weighted by atomic mass is 32.2. The lowest BCUT2D eigenvalue weighted by Crippen LogP contribution is -2.35. The van der Waals surface area contributed by atoms with E-state index in [1.807, 2.05) is 19.9 Å². The van der Waals surface area contributed by atoms with Crippen molar-refractivity contribution in [2.45, 2.75) is 38.3 Å². The number of hydrogen-bond donors (Lipinski definition) is 1. The summed E-state index contributed by atoms with van der Waals surface area (Å²) in [4.78, 5) is 24.2. The molecule has 0 saturated heterocycles. The van der Waals surface area contributed by atoms with Gasteiger partial charge in [-0.1, -0.05) is 18.2 Å². The smallest absolute Gasteiger partial charge is 0.408 e. The molecule has 0 saturated carbocycles. The molecule has 29 heavy (non-hydrogen) atoms. The summed E-state index contributed by atoms with van der Waals surface area (Å²) >= 11 is 0. The molecule has 3 rings (SSSR count). The second-order valence-corrected chi connectivity index (χ2v) is 8.67. The second kappa shape index (κ2) is 8.12. The highest BCUT2D eigenvalue weighted by Gasteiger charge is 2.25. The molecule has 9 heteroatoms. The van der Waals surface area contributed by atoms with E-state index < -0.39 is 15.8 Å². The number of benzene rings is 2. The molecule has 154 valence electrons. The Morgan fingerprint density at radius 1 is 1.17 bits per heavy atom. The van der Waals surface area contributed by atoms with Gasteiger partial charge in [0.1, 0.15) is 6.54 Å². The Morgan fingerprint density at radius 2 is 1.86 bits per heavy atom. The van der Waals surface area contributed by atoms with Crippen LogP contribution >= 0.6 is 0 Å². The number of carbonyl (C=O) groups excluding carboxylic acids is 1. The lowest BCUT2D eigenvalue weighted by Gasteiger charge is -2.22. The number of anilines is 1. The minimum atomic E-state index is -3.86. The van der Waals surface area contributed by atoms with E-state index in [0.29, 0.717) is 11.2 Å². The molecule has 0 aliphatic rings. The standard InChI is InChI=1S/C20H23N3O5S/c1-4-23(15-8-6-5-7-9-15)29(26,27)16-10-11-17-18(12-16)28-20(25)22(17)13-19(24)21-14(2)3/h5-12,14H,4,13H2,1-3H3,(H,21,24). The van der Waals surface area contributed by atoms with Gasteiger partial charge in [-0.2, -0.15) is 0 Å². The number of carbonyl (C=O) groups is 1. The number of nitrogens with one attached hydrogen (secondary N) is 1. The number of aromatic nitrogens is 1. The predicted molar refractivity (Wildman–Crippen MR) is 110 cm³/mol. The second-order valence-electron chi connectivity index (χ2n) is 6.81. The van der Waals surface area contributed by atoms with Gasteiger partial charge in [0, 0.05) is 18.7 Å². The van der Waals surface area contributed by atoms with E-state index in [1.54, 1.807) is 31.2 Å². The molecule has 0 radical (unpaired) electrons. The van der Waals surface area contributed by atoms with Gasteiger partial charge in [-0.25, -0.2) is 13.2 Å². The molecule has 0 unspecified atom stereocenters. The Morgan fingerprint density at radius 3 is 2.48 bits per heavy atom. The summed E-state index contributed by atoms with van der Waals surface area (Å²) < 4.78 is 33.9. The molecule has 0 atom stereocenters. The molecule has 0 spiro atoms. The summed E-state index contributed by atoms with van der Waals surface area (Å²) in [6, 6.07) is 12.9. The topological polar surface area (TPSA) is 102 Å². The van der Waals surface area contributed by atoms with Crippen LogP contribution in [-0.2, 0) is 21.4 Å². The van der Waals surface area contributed by atoms with Crippen molar-refractivity contribution in [3.63, 3.8) is 0 Å². The van der Waals surface area contributed by atoms with Crippen molar-refractivity contribution in [2.75, 3.05) is 10.8 Å². The van der Waals surface area contributed by atoms with Crippen molar-refractivity contribution >= 4 is 32.7 Å². The van der Waals surface area contributed by atoms with Crippen LogP contribution in [0.4, 0.5) is 5.69 Å². The zero-order valence-electron chi connectivity index (χ0n) is 16.5. The van der Waals surface area contributed by atoms with Crippen molar-refractivity contribution < 1.29 is 17.6 Å². The van der Waals surface area contributed by atoms with E-state index in [0.717, 1.165) is 0 Å². The normalized spacial score (nSPS) is 11.7. The molecule has 2 aromatic carbocycles. The van der Waals surface area contributed by atoms with Gasteiger partial charge in [-0.3, -0.25) is 13.7 Å². The van der Waals surface area contributed by atoms with E-state index in [-0.39, 0.29) is 35.5 Å². The Kier molecular flexibility index (Phi) is 5.78. The van der Waals surface area contributed by atoms with Crippen molar-refractivity contribution in [1.82, 2.24) is 9.88 Å². The van der Waals surface area contributed by atoms with Crippen molar-refractivity contribution in [1.29, 1.82) is 0 Å². The fourth-order valence-corrected chi connectivity index (χ4v) is 4.57. The lowest BCUT2D eigenvalue weighted by atomic mass is 10.3. The van der Waals surface area contributed by atoms with Gasteiger partial charge < -0.3 is 9.73 Å². The van der Waals surface area contributed by atoms with Crippen LogP contribution in [0.3, 0.4) is 0 Å². The average Bonchev–Trinajstić information content (AvgIpc) is 2.97. The fourth-order valence-electron chi connectivity index (χ4n) is 3.08. The quantitative estimate of drug-likeness (QED) is 0.636. The molecular weight excluding hydrogens is 394 g/mol. The van der Waals surface area contributed by atoms with Gasteiger partial charge >= 0.3 is 5.76 Å². The summed E-state index contributed by atoms with van der Waals surface area (Å²) in [6.45, 7) is 5.41. The summed E-state index contributed by atoms with van der Waals surface area (Å²) in [5.74, 6) is -1.05. The third-order valence-corrected chi connectivity index (χ3v) is 6.21. The van der Waals surface area contributed by atoms with Gasteiger partial charge in [0.15, 0.2) is 5.58 Å². The predicted octanol–water partition coefficient (Wildman–Crippen LogP) is 2.33. The number of amides is 1. The number of oxazole rings is 1. The Bertz CT molecular complexity index is 1180. The number of para-hydroxylation sites is 1. The monoisotopic (exact) mass is 417 g/mol.